The molecule has 1 heterocycles. The molecular weight excluding hydrogens is 521 g/mol. The Morgan fingerprint density at radius 3 is 2.39 bits per heavy atom. The van der Waals surface area contributed by atoms with Crippen LogP contribution < -0.4 is 9.61 Å². The lowest BCUT2D eigenvalue weighted by Gasteiger charge is -2.24. The fourth-order valence-electron chi connectivity index (χ4n) is 3.70. The average molecular weight is 550 g/mol. The molecule has 0 spiro atoms. The van der Waals surface area contributed by atoms with E-state index in [2.05, 4.69) is 11.7 Å². The van der Waals surface area contributed by atoms with Crippen LogP contribution in [0.5, 0.6) is 5.75 Å². The van der Waals surface area contributed by atoms with Crippen molar-refractivity contribution in [3.8, 4) is 5.75 Å². The Labute approximate surface area is 225 Å². The topological polar surface area (TPSA) is 90.9 Å². The quantitative estimate of drug-likeness (QED) is 0.119. The molecular formula is C29H28NO6PS. The number of nitrogens with one attached hydrogen (secondary N) is 1. The molecule has 0 saturated heterocycles. The molecule has 9 heteroatoms. The maximum absolute atomic E-state index is 14.1. The minimum Gasteiger partial charge on any atom is -0.460 e. The summed E-state index contributed by atoms with van der Waals surface area (Å²) in [4.78, 5) is 25.4. The van der Waals surface area contributed by atoms with Crippen LogP contribution in [-0.4, -0.2) is 24.6 Å². The van der Waals surface area contributed by atoms with Gasteiger partial charge in [0.25, 0.3) is 0 Å². The molecule has 0 amide bonds. The fourth-order valence-corrected chi connectivity index (χ4v) is 6.68. The number of para-hydroxylation sites is 1. The van der Waals surface area contributed by atoms with E-state index in [-0.39, 0.29) is 19.4 Å². The van der Waals surface area contributed by atoms with Crippen LogP contribution in [0.4, 0.5) is 0 Å². The van der Waals surface area contributed by atoms with Crippen LogP contribution in [0.2, 0.25) is 0 Å². The van der Waals surface area contributed by atoms with Gasteiger partial charge in [0, 0.05) is 4.70 Å². The van der Waals surface area contributed by atoms with Gasteiger partial charge >= 0.3 is 19.5 Å². The first-order chi connectivity index (χ1) is 18.3. The zero-order chi connectivity index (χ0) is 27.0. The summed E-state index contributed by atoms with van der Waals surface area (Å²) < 4.78 is 31.5. The minimum absolute atomic E-state index is 0.0141. The number of hydrogen-bond donors (Lipinski definition) is 1. The molecule has 2 unspecified atom stereocenters. The number of carbonyl (C=O) groups excluding carboxylic acids is 2. The highest BCUT2D eigenvalue weighted by Gasteiger charge is 2.31. The van der Waals surface area contributed by atoms with Gasteiger partial charge in [-0.05, 0) is 53.8 Å². The highest BCUT2D eigenvalue weighted by Crippen LogP contribution is 2.47. The van der Waals surface area contributed by atoms with E-state index in [4.69, 9.17) is 14.0 Å². The molecule has 7 nitrogen and oxygen atoms in total. The molecule has 0 aliphatic carbocycles. The highest BCUT2D eigenvalue weighted by molar-refractivity contribution is 7.56. The lowest BCUT2D eigenvalue weighted by atomic mass is 10.2. The van der Waals surface area contributed by atoms with Crippen molar-refractivity contribution in [2.75, 3.05) is 6.61 Å². The van der Waals surface area contributed by atoms with Crippen molar-refractivity contribution in [2.45, 2.75) is 25.7 Å². The molecule has 4 rings (SSSR count). The number of rotatable bonds is 12. The van der Waals surface area contributed by atoms with Gasteiger partial charge in [0.2, 0.25) is 0 Å². The third kappa shape index (κ3) is 7.42. The summed E-state index contributed by atoms with van der Waals surface area (Å²) >= 11 is 1.32. The number of esters is 2. The van der Waals surface area contributed by atoms with Crippen molar-refractivity contribution in [3.63, 3.8) is 0 Å². The lowest BCUT2D eigenvalue weighted by Crippen LogP contribution is -2.34. The van der Waals surface area contributed by atoms with Gasteiger partial charge in [-0.15, -0.1) is 11.3 Å². The van der Waals surface area contributed by atoms with E-state index in [1.54, 1.807) is 37.3 Å². The zero-order valence-corrected chi connectivity index (χ0v) is 22.6. The number of thiophene rings is 1. The Balaban J connectivity index is 1.52. The van der Waals surface area contributed by atoms with Crippen LogP contribution in [-0.2, 0) is 31.6 Å². The molecule has 0 aliphatic heterocycles. The maximum atomic E-state index is 14.1. The van der Waals surface area contributed by atoms with Crippen molar-refractivity contribution < 1.29 is 28.2 Å². The number of fused-ring (bicyclic) bond motifs is 1. The predicted octanol–water partition coefficient (Wildman–Crippen LogP) is 6.74. The van der Waals surface area contributed by atoms with Crippen LogP contribution in [0, 0.1) is 0 Å². The zero-order valence-electron chi connectivity index (χ0n) is 20.9. The lowest BCUT2D eigenvalue weighted by molar-refractivity contribution is -0.146. The van der Waals surface area contributed by atoms with E-state index in [1.807, 2.05) is 54.6 Å². The van der Waals surface area contributed by atoms with Gasteiger partial charge in [0.15, 0.2) is 0 Å². The van der Waals surface area contributed by atoms with Gasteiger partial charge in [0.05, 0.1) is 6.16 Å². The van der Waals surface area contributed by atoms with Gasteiger partial charge in [-0.25, -0.2) is 9.88 Å². The number of carbonyl (C=O) groups is 2. The first kappa shape index (κ1) is 27.3. The van der Waals surface area contributed by atoms with Gasteiger partial charge in [-0.2, -0.15) is 0 Å². The predicted molar refractivity (Wildman–Crippen MR) is 150 cm³/mol. The minimum atomic E-state index is -3.62. The highest BCUT2D eigenvalue weighted by atomic mass is 32.1. The van der Waals surface area contributed by atoms with Gasteiger partial charge in [-0.1, -0.05) is 67.3 Å². The van der Waals surface area contributed by atoms with Crippen molar-refractivity contribution in [2.24, 2.45) is 0 Å². The van der Waals surface area contributed by atoms with E-state index in [0.29, 0.717) is 10.6 Å². The Kier molecular flexibility index (Phi) is 9.13. The maximum Gasteiger partial charge on any atom is 0.348 e. The molecule has 4 aromatic rings. The number of ether oxygens (including phenoxy) is 2. The molecule has 3 aromatic carbocycles. The summed E-state index contributed by atoms with van der Waals surface area (Å²) in [7, 11) is -3.62. The van der Waals surface area contributed by atoms with Crippen molar-refractivity contribution in [3.05, 3.63) is 114 Å². The van der Waals surface area contributed by atoms with E-state index in [0.717, 1.165) is 21.2 Å². The number of hydrogen-bond acceptors (Lipinski definition) is 7. The standard InChI is InChI=1S/C29H28NO6PS/c1-3-16-34-29(32)27-18-24-17-23(14-15-26(24)38-27)20-37(33,36-25-12-8-5-9-13-25)30-21(2)28(31)35-19-22-10-6-4-7-11-22/h3-15,17-18,21H,1,16,19-20H2,2H3,(H,30,33). The molecule has 196 valence electrons. The van der Waals surface area contributed by atoms with Crippen LogP contribution in [0.25, 0.3) is 10.1 Å². The first-order valence-corrected chi connectivity index (χ1v) is 14.6. The number of benzene rings is 3. The van der Waals surface area contributed by atoms with E-state index >= 15 is 0 Å². The summed E-state index contributed by atoms with van der Waals surface area (Å²) in [6.45, 7) is 5.40. The van der Waals surface area contributed by atoms with Crippen molar-refractivity contribution in [1.29, 1.82) is 0 Å². The summed E-state index contributed by atoms with van der Waals surface area (Å²) in [6.07, 6.45) is 1.53. The second kappa shape index (κ2) is 12.7. The average Bonchev–Trinajstić information content (AvgIpc) is 3.35. The third-order valence-electron chi connectivity index (χ3n) is 5.47. The van der Waals surface area contributed by atoms with Gasteiger partial charge in [-0.3, -0.25) is 9.36 Å². The molecule has 1 aromatic heterocycles. The first-order valence-electron chi connectivity index (χ1n) is 12.0. The summed E-state index contributed by atoms with van der Waals surface area (Å²) in [5, 5.41) is 3.72. The summed E-state index contributed by atoms with van der Waals surface area (Å²) in [6, 6.07) is 24.6. The molecule has 0 aliphatic rings. The molecule has 0 saturated carbocycles. The second-order valence-electron chi connectivity index (χ2n) is 8.55. The Hall–Kier alpha value is -3.71. The van der Waals surface area contributed by atoms with Crippen LogP contribution in [0.1, 0.15) is 27.7 Å². The Morgan fingerprint density at radius 1 is 0.974 bits per heavy atom. The normalized spacial score (nSPS) is 13.3. The molecule has 0 bridgehead atoms. The van der Waals surface area contributed by atoms with E-state index in [9.17, 15) is 14.2 Å². The van der Waals surface area contributed by atoms with Crippen LogP contribution in [0.15, 0.2) is 97.6 Å². The van der Waals surface area contributed by atoms with Gasteiger partial charge < -0.3 is 14.0 Å². The third-order valence-corrected chi connectivity index (χ3v) is 8.63. The Morgan fingerprint density at radius 2 is 1.68 bits per heavy atom. The fraction of sp³-hybridized carbons (Fsp3) is 0.172. The molecule has 0 radical (unpaired) electrons. The monoisotopic (exact) mass is 549 g/mol. The smallest absolute Gasteiger partial charge is 0.348 e. The van der Waals surface area contributed by atoms with Crippen molar-refractivity contribution in [1.82, 2.24) is 5.09 Å². The van der Waals surface area contributed by atoms with Crippen LogP contribution in [0.3, 0.4) is 0 Å². The second-order valence-corrected chi connectivity index (χ2v) is 11.7. The molecule has 38 heavy (non-hydrogen) atoms. The summed E-state index contributed by atoms with van der Waals surface area (Å²) in [5.74, 6) is -0.547. The summed E-state index contributed by atoms with van der Waals surface area (Å²) in [5.41, 5.74) is 1.58. The molecule has 2 atom stereocenters. The largest absolute Gasteiger partial charge is 0.460 e. The molecule has 1 N–H and O–H groups in total. The Bertz CT molecular complexity index is 1450. The van der Waals surface area contributed by atoms with E-state index < -0.39 is 25.5 Å². The van der Waals surface area contributed by atoms with Crippen molar-refractivity contribution >= 4 is 40.9 Å². The van der Waals surface area contributed by atoms with Crippen LogP contribution >= 0.6 is 18.9 Å². The van der Waals surface area contributed by atoms with E-state index in [1.165, 1.54) is 17.4 Å². The SMILES string of the molecule is C=CCOC(=O)c1cc2cc(CP(=O)(NC(C)C(=O)OCc3ccccc3)Oc3ccccc3)ccc2s1. The van der Waals surface area contributed by atoms with Gasteiger partial charge in [0.1, 0.15) is 29.9 Å². The molecule has 0 fully saturated rings.